The number of nitrogens with zero attached hydrogens (tertiary/aromatic N) is 1. The van der Waals surface area contributed by atoms with Gasteiger partial charge in [-0.1, -0.05) is 30.3 Å². The number of para-hydroxylation sites is 2. The second-order valence-corrected chi connectivity index (χ2v) is 6.35. The Balaban J connectivity index is 1.61. The number of esters is 1. The largest absolute Gasteiger partial charge is 0.462 e. The predicted octanol–water partition coefficient (Wildman–Crippen LogP) is 3.72. The van der Waals surface area contributed by atoms with Crippen molar-refractivity contribution in [1.29, 1.82) is 0 Å². The lowest BCUT2D eigenvalue weighted by Gasteiger charge is -2.33. The molecule has 3 rings (SSSR count). The number of piperidine rings is 1. The number of carbonyl (C=O) groups is 2. The monoisotopic (exact) mass is 352 g/mol. The Labute approximate surface area is 154 Å². The zero-order valence-electron chi connectivity index (χ0n) is 15.0. The third-order valence-corrected chi connectivity index (χ3v) is 4.67. The molecule has 5 heteroatoms. The van der Waals surface area contributed by atoms with Crippen molar-refractivity contribution in [2.45, 2.75) is 19.8 Å². The summed E-state index contributed by atoms with van der Waals surface area (Å²) in [7, 11) is 0. The summed E-state index contributed by atoms with van der Waals surface area (Å²) < 4.78 is 5.06. The summed E-state index contributed by atoms with van der Waals surface area (Å²) in [6, 6.07) is 17.2. The fourth-order valence-corrected chi connectivity index (χ4v) is 3.25. The van der Waals surface area contributed by atoms with Gasteiger partial charge in [0.2, 0.25) is 5.91 Å². The number of hydrogen-bond donors (Lipinski definition) is 1. The summed E-state index contributed by atoms with van der Waals surface area (Å²) in [5, 5.41) is 2.92. The average molecular weight is 352 g/mol. The molecule has 0 aliphatic carbocycles. The van der Waals surface area contributed by atoms with Crippen LogP contribution in [0.25, 0.3) is 0 Å². The standard InChI is InChI=1S/C21H24N2O3/c1-2-26-21(25)18-10-6-7-11-19(18)22-20(24)16-12-14-23(15-13-16)17-8-4-3-5-9-17/h3-11,16H,2,12-15H2,1H3,(H,22,24). The minimum absolute atomic E-state index is 0.0329. The van der Waals surface area contributed by atoms with Gasteiger partial charge in [0.05, 0.1) is 17.9 Å². The van der Waals surface area contributed by atoms with Gasteiger partial charge in [-0.3, -0.25) is 4.79 Å². The van der Waals surface area contributed by atoms with Crippen LogP contribution in [0, 0.1) is 5.92 Å². The highest BCUT2D eigenvalue weighted by Crippen LogP contribution is 2.25. The Morgan fingerprint density at radius 1 is 1.04 bits per heavy atom. The van der Waals surface area contributed by atoms with E-state index in [1.54, 1.807) is 31.2 Å². The van der Waals surface area contributed by atoms with Crippen LogP contribution in [-0.4, -0.2) is 31.6 Å². The van der Waals surface area contributed by atoms with E-state index in [9.17, 15) is 9.59 Å². The molecule has 0 bridgehead atoms. The van der Waals surface area contributed by atoms with Gasteiger partial charge >= 0.3 is 5.97 Å². The van der Waals surface area contributed by atoms with E-state index in [2.05, 4.69) is 22.3 Å². The summed E-state index contributed by atoms with van der Waals surface area (Å²) in [4.78, 5) is 27.0. The zero-order valence-corrected chi connectivity index (χ0v) is 15.0. The van der Waals surface area contributed by atoms with E-state index in [-0.39, 0.29) is 11.8 Å². The Morgan fingerprint density at radius 2 is 1.69 bits per heavy atom. The zero-order chi connectivity index (χ0) is 18.4. The van der Waals surface area contributed by atoms with Crippen molar-refractivity contribution in [2.24, 2.45) is 5.92 Å². The van der Waals surface area contributed by atoms with Crippen LogP contribution in [0.2, 0.25) is 0 Å². The van der Waals surface area contributed by atoms with Crippen LogP contribution >= 0.6 is 0 Å². The highest BCUT2D eigenvalue weighted by atomic mass is 16.5. The first kappa shape index (κ1) is 18.0. The quantitative estimate of drug-likeness (QED) is 0.833. The van der Waals surface area contributed by atoms with Gasteiger partial charge in [0.15, 0.2) is 0 Å². The van der Waals surface area contributed by atoms with Gasteiger partial charge < -0.3 is 15.0 Å². The predicted molar refractivity (Wildman–Crippen MR) is 102 cm³/mol. The lowest BCUT2D eigenvalue weighted by atomic mass is 9.95. The molecule has 1 amide bonds. The van der Waals surface area contributed by atoms with Crippen LogP contribution in [0.3, 0.4) is 0 Å². The van der Waals surface area contributed by atoms with Crippen molar-refractivity contribution in [2.75, 3.05) is 29.9 Å². The second kappa shape index (κ2) is 8.52. The molecule has 1 saturated heterocycles. The minimum atomic E-state index is -0.415. The topological polar surface area (TPSA) is 58.6 Å². The second-order valence-electron chi connectivity index (χ2n) is 6.35. The lowest BCUT2D eigenvalue weighted by Crippen LogP contribution is -2.38. The van der Waals surface area contributed by atoms with E-state index in [0.717, 1.165) is 25.9 Å². The first-order valence-corrected chi connectivity index (χ1v) is 9.06. The number of ether oxygens (including phenoxy) is 1. The van der Waals surface area contributed by atoms with Gasteiger partial charge in [-0.2, -0.15) is 0 Å². The van der Waals surface area contributed by atoms with E-state index in [1.807, 2.05) is 18.2 Å². The lowest BCUT2D eigenvalue weighted by molar-refractivity contribution is -0.120. The maximum atomic E-state index is 12.7. The molecule has 0 saturated carbocycles. The minimum Gasteiger partial charge on any atom is -0.462 e. The molecule has 0 spiro atoms. The van der Waals surface area contributed by atoms with Crippen LogP contribution in [0.5, 0.6) is 0 Å². The SMILES string of the molecule is CCOC(=O)c1ccccc1NC(=O)C1CCN(c2ccccc2)CC1. The molecule has 0 radical (unpaired) electrons. The van der Waals surface area contributed by atoms with E-state index < -0.39 is 5.97 Å². The molecule has 136 valence electrons. The molecule has 1 N–H and O–H groups in total. The van der Waals surface area contributed by atoms with Crippen LogP contribution in [0.4, 0.5) is 11.4 Å². The van der Waals surface area contributed by atoms with Crippen molar-refractivity contribution < 1.29 is 14.3 Å². The average Bonchev–Trinajstić information content (AvgIpc) is 2.69. The van der Waals surface area contributed by atoms with Crippen molar-refractivity contribution >= 4 is 23.3 Å². The highest BCUT2D eigenvalue weighted by molar-refractivity contribution is 6.01. The molecule has 26 heavy (non-hydrogen) atoms. The summed E-state index contributed by atoms with van der Waals surface area (Å²) in [5.41, 5.74) is 2.10. The highest BCUT2D eigenvalue weighted by Gasteiger charge is 2.26. The number of rotatable bonds is 5. The van der Waals surface area contributed by atoms with Crippen LogP contribution in [0.15, 0.2) is 54.6 Å². The third-order valence-electron chi connectivity index (χ3n) is 4.67. The van der Waals surface area contributed by atoms with Crippen molar-refractivity contribution in [1.82, 2.24) is 0 Å². The number of amides is 1. The number of benzene rings is 2. The normalized spacial score (nSPS) is 14.7. The van der Waals surface area contributed by atoms with Crippen LogP contribution < -0.4 is 10.2 Å². The van der Waals surface area contributed by atoms with Crippen LogP contribution in [-0.2, 0) is 9.53 Å². The van der Waals surface area contributed by atoms with Gasteiger partial charge in [0, 0.05) is 24.7 Å². The Morgan fingerprint density at radius 3 is 2.38 bits per heavy atom. The molecular formula is C21H24N2O3. The number of nitrogens with one attached hydrogen (secondary N) is 1. The summed E-state index contributed by atoms with van der Waals surface area (Å²) in [6.45, 7) is 3.77. The van der Waals surface area contributed by atoms with Crippen LogP contribution in [0.1, 0.15) is 30.1 Å². The maximum absolute atomic E-state index is 12.7. The van der Waals surface area contributed by atoms with Gasteiger partial charge in [-0.15, -0.1) is 0 Å². The molecule has 2 aromatic rings. The summed E-state index contributed by atoms with van der Waals surface area (Å²) in [5.74, 6) is -0.498. The molecule has 2 aromatic carbocycles. The molecule has 1 heterocycles. The molecule has 5 nitrogen and oxygen atoms in total. The molecule has 0 unspecified atom stereocenters. The number of carbonyl (C=O) groups excluding carboxylic acids is 2. The Kier molecular flexibility index (Phi) is 5.89. The maximum Gasteiger partial charge on any atom is 0.340 e. The molecule has 0 atom stereocenters. The Bertz CT molecular complexity index is 753. The van der Waals surface area contributed by atoms with Gasteiger partial charge in [0.1, 0.15) is 0 Å². The fraction of sp³-hybridized carbons (Fsp3) is 0.333. The number of anilines is 2. The van der Waals surface area contributed by atoms with E-state index in [4.69, 9.17) is 4.74 Å². The van der Waals surface area contributed by atoms with Crippen molar-refractivity contribution in [3.8, 4) is 0 Å². The van der Waals surface area contributed by atoms with Gasteiger partial charge in [-0.25, -0.2) is 4.79 Å². The fourth-order valence-electron chi connectivity index (χ4n) is 3.25. The Hall–Kier alpha value is -2.82. The molecule has 0 aromatic heterocycles. The van der Waals surface area contributed by atoms with E-state index in [1.165, 1.54) is 5.69 Å². The third kappa shape index (κ3) is 4.23. The molecule has 1 fully saturated rings. The van der Waals surface area contributed by atoms with Crippen molar-refractivity contribution in [3.05, 3.63) is 60.2 Å². The molecule has 1 aliphatic heterocycles. The first-order chi connectivity index (χ1) is 12.7. The molecule has 1 aliphatic rings. The number of hydrogen-bond acceptors (Lipinski definition) is 4. The van der Waals surface area contributed by atoms with Gasteiger partial charge in [-0.05, 0) is 44.0 Å². The first-order valence-electron chi connectivity index (χ1n) is 9.06. The van der Waals surface area contributed by atoms with Gasteiger partial charge in [0.25, 0.3) is 0 Å². The van der Waals surface area contributed by atoms with E-state index >= 15 is 0 Å². The smallest absolute Gasteiger partial charge is 0.340 e. The van der Waals surface area contributed by atoms with Crippen molar-refractivity contribution in [3.63, 3.8) is 0 Å². The molecular weight excluding hydrogens is 328 g/mol. The summed E-state index contributed by atoms with van der Waals surface area (Å²) >= 11 is 0. The van der Waals surface area contributed by atoms with E-state index in [0.29, 0.717) is 17.9 Å². The summed E-state index contributed by atoms with van der Waals surface area (Å²) in [6.07, 6.45) is 1.59.